The Hall–Kier alpha value is -0.393. The average molecular weight is 328 g/mol. The summed E-state index contributed by atoms with van der Waals surface area (Å²) in [4.78, 5) is 16.7. The van der Waals surface area contributed by atoms with Gasteiger partial charge in [-0.2, -0.15) is 0 Å². The van der Waals surface area contributed by atoms with Crippen LogP contribution >= 0.6 is 0 Å². The molecule has 1 N–H and O–H groups in total. The van der Waals surface area contributed by atoms with E-state index in [0.717, 1.165) is 19.1 Å². The average Bonchev–Trinajstić information content (AvgIpc) is 2.53. The van der Waals surface area contributed by atoms with Crippen molar-refractivity contribution in [2.45, 2.75) is 58.0 Å². The summed E-state index contributed by atoms with van der Waals surface area (Å²) >= 11 is 0. The second kappa shape index (κ2) is 13.1. The summed E-state index contributed by atoms with van der Waals surface area (Å²) in [6.45, 7) is 12.5. The monoisotopic (exact) mass is 327 g/mol. The van der Waals surface area contributed by atoms with Crippen LogP contribution in [0.15, 0.2) is 0 Å². The van der Waals surface area contributed by atoms with Crippen LogP contribution in [0.3, 0.4) is 0 Å². The Morgan fingerprint density at radius 2 is 1.86 bits per heavy atom. The molecule has 0 aromatic carbocycles. The van der Waals surface area contributed by atoms with E-state index in [1.165, 1.54) is 71.2 Å². The quantitative estimate of drug-likeness (QED) is 0.554. The van der Waals surface area contributed by atoms with Gasteiger partial charge in [0.1, 0.15) is 0 Å². The third kappa shape index (κ3) is 9.59. The van der Waals surface area contributed by atoms with E-state index < -0.39 is 0 Å². The summed E-state index contributed by atoms with van der Waals surface area (Å²) < 4.78 is 0. The van der Waals surface area contributed by atoms with Gasteiger partial charge in [-0.1, -0.05) is 26.3 Å². The molecule has 0 aromatic rings. The molecular weight excluding hydrogens is 290 g/mol. The molecule has 1 aliphatic rings. The summed E-state index contributed by atoms with van der Waals surface area (Å²) in [5, 5.41) is 3.07. The smallest absolute Gasteiger partial charge is 0.216 e. The highest BCUT2D eigenvalue weighted by molar-refractivity contribution is 6.39. The van der Waals surface area contributed by atoms with Crippen LogP contribution < -0.4 is 5.32 Å². The summed E-state index contributed by atoms with van der Waals surface area (Å²) in [6.07, 6.45) is 7.95. The molecule has 4 nitrogen and oxygen atoms in total. The molecule has 5 heteroatoms. The van der Waals surface area contributed by atoms with Gasteiger partial charge >= 0.3 is 0 Å². The lowest BCUT2D eigenvalue weighted by atomic mass is 10.1. The highest BCUT2D eigenvalue weighted by Gasteiger charge is 2.11. The van der Waals surface area contributed by atoms with E-state index in [-0.39, 0.29) is 15.4 Å². The summed E-state index contributed by atoms with van der Waals surface area (Å²) in [7, 11) is -0.150. The van der Waals surface area contributed by atoms with Gasteiger partial charge in [-0.05, 0) is 58.4 Å². The van der Waals surface area contributed by atoms with E-state index in [1.807, 2.05) is 0 Å². The number of carbonyl (C=O) groups excluding carboxylic acids is 1. The molecule has 0 atom stereocenters. The first-order chi connectivity index (χ1) is 10.8. The van der Waals surface area contributed by atoms with E-state index in [9.17, 15) is 4.79 Å². The number of unbranched alkanes of at least 4 members (excludes halogenated alkanes) is 1. The first kappa shape index (κ1) is 19.7. The minimum absolute atomic E-state index is 0.150. The number of likely N-dealkylation sites (tertiary alicyclic amines) is 1. The van der Waals surface area contributed by atoms with Crippen LogP contribution in [0.5, 0.6) is 0 Å². The Balaban J connectivity index is 2.16. The highest BCUT2D eigenvalue weighted by atomic mass is 28.2. The molecule has 1 amide bonds. The summed E-state index contributed by atoms with van der Waals surface area (Å²) in [6, 6.07) is 0.796. The molecule has 22 heavy (non-hydrogen) atoms. The Morgan fingerprint density at radius 1 is 1.14 bits per heavy atom. The maximum atomic E-state index is 11.6. The molecular formula is C17H37N3OSi. The second-order valence-electron chi connectivity index (χ2n) is 6.55. The molecule has 1 rings (SSSR count). The zero-order valence-electron chi connectivity index (χ0n) is 14.9. The maximum absolute atomic E-state index is 11.6. The zero-order chi connectivity index (χ0) is 16.0. The lowest BCUT2D eigenvalue weighted by Crippen LogP contribution is -2.38. The van der Waals surface area contributed by atoms with Crippen molar-refractivity contribution in [2.24, 2.45) is 0 Å². The fourth-order valence-electron chi connectivity index (χ4n) is 3.09. The summed E-state index contributed by atoms with van der Waals surface area (Å²) in [5.74, 6) is 0.262. The minimum Gasteiger partial charge on any atom is -0.355 e. The Bertz CT molecular complexity index is 283. The predicted octanol–water partition coefficient (Wildman–Crippen LogP) is 1.72. The van der Waals surface area contributed by atoms with Gasteiger partial charge in [0.05, 0.1) is 0 Å². The highest BCUT2D eigenvalue weighted by Crippen LogP contribution is 2.09. The summed E-state index contributed by atoms with van der Waals surface area (Å²) in [5.41, 5.74) is 0. The number of nitrogens with one attached hydrogen (secondary N) is 1. The van der Waals surface area contributed by atoms with Crippen molar-refractivity contribution >= 4 is 15.4 Å². The van der Waals surface area contributed by atoms with Gasteiger partial charge in [0.25, 0.3) is 0 Å². The van der Waals surface area contributed by atoms with Crippen molar-refractivity contribution in [2.75, 3.05) is 45.8 Å². The van der Waals surface area contributed by atoms with Gasteiger partial charge in [0.15, 0.2) is 0 Å². The van der Waals surface area contributed by atoms with Crippen LogP contribution in [-0.2, 0) is 4.79 Å². The first-order valence-electron chi connectivity index (χ1n) is 9.47. The minimum atomic E-state index is -0.150. The number of hydrogen-bond donors (Lipinski definition) is 1. The van der Waals surface area contributed by atoms with E-state index in [4.69, 9.17) is 0 Å². The third-order valence-electron chi connectivity index (χ3n) is 4.45. The van der Waals surface area contributed by atoms with Crippen molar-refractivity contribution in [3.05, 3.63) is 0 Å². The molecule has 0 spiro atoms. The zero-order valence-corrected chi connectivity index (χ0v) is 16.3. The van der Waals surface area contributed by atoms with Gasteiger partial charge in [-0.25, -0.2) is 0 Å². The molecule has 1 fully saturated rings. The van der Waals surface area contributed by atoms with Crippen LogP contribution in [-0.4, -0.2) is 71.0 Å². The Labute approximate surface area is 139 Å². The molecule has 0 saturated carbocycles. The molecule has 0 unspecified atom stereocenters. The standard InChI is InChI=1S/C17H37N3OSi/c1-3-4-10-20(15-9-18-17(21)16-22-2)14-8-13-19-11-6-5-7-12-19/h3-16,22H2,1-2H3,(H,18,21). The number of hydrogen-bond acceptors (Lipinski definition) is 3. The SMILES string of the molecule is CCCCN(CCCN1CCCCC1)CCNC(=O)C[SiH2]C. The van der Waals surface area contributed by atoms with E-state index in [1.54, 1.807) is 0 Å². The van der Waals surface area contributed by atoms with Crippen LogP contribution in [0.2, 0.25) is 12.6 Å². The third-order valence-corrected chi connectivity index (χ3v) is 5.41. The molecule has 1 aliphatic heterocycles. The molecule has 1 saturated heterocycles. The van der Waals surface area contributed by atoms with E-state index in [0.29, 0.717) is 0 Å². The van der Waals surface area contributed by atoms with E-state index in [2.05, 4.69) is 28.6 Å². The van der Waals surface area contributed by atoms with Crippen molar-refractivity contribution in [1.82, 2.24) is 15.1 Å². The van der Waals surface area contributed by atoms with Gasteiger partial charge in [0, 0.05) is 28.7 Å². The van der Waals surface area contributed by atoms with Crippen molar-refractivity contribution in [3.63, 3.8) is 0 Å². The lowest BCUT2D eigenvalue weighted by Gasteiger charge is -2.28. The predicted molar refractivity (Wildman–Crippen MR) is 98.5 cm³/mol. The normalized spacial score (nSPS) is 16.7. The van der Waals surface area contributed by atoms with Gasteiger partial charge < -0.3 is 15.1 Å². The number of piperidine rings is 1. The van der Waals surface area contributed by atoms with Crippen molar-refractivity contribution < 1.29 is 4.79 Å². The van der Waals surface area contributed by atoms with Crippen molar-refractivity contribution in [1.29, 1.82) is 0 Å². The Kier molecular flexibility index (Phi) is 11.7. The molecule has 0 bridgehead atoms. The number of rotatable bonds is 12. The fourth-order valence-corrected chi connectivity index (χ4v) is 3.72. The second-order valence-corrected chi connectivity index (χ2v) is 8.05. The molecule has 130 valence electrons. The fraction of sp³-hybridized carbons (Fsp3) is 0.941. The topological polar surface area (TPSA) is 35.6 Å². The van der Waals surface area contributed by atoms with Gasteiger partial charge in [-0.15, -0.1) is 0 Å². The van der Waals surface area contributed by atoms with Gasteiger partial charge in [-0.3, -0.25) is 4.79 Å². The first-order valence-corrected chi connectivity index (χ1v) is 11.9. The Morgan fingerprint density at radius 3 is 2.55 bits per heavy atom. The molecule has 1 heterocycles. The largest absolute Gasteiger partial charge is 0.355 e. The van der Waals surface area contributed by atoms with Crippen LogP contribution in [0.25, 0.3) is 0 Å². The van der Waals surface area contributed by atoms with Crippen molar-refractivity contribution in [3.8, 4) is 0 Å². The maximum Gasteiger partial charge on any atom is 0.216 e. The van der Waals surface area contributed by atoms with Crippen LogP contribution in [0.1, 0.15) is 45.4 Å². The number of carbonyl (C=O) groups is 1. The number of amides is 1. The van der Waals surface area contributed by atoms with Crippen LogP contribution in [0, 0.1) is 0 Å². The molecule has 0 aliphatic carbocycles. The van der Waals surface area contributed by atoms with Crippen LogP contribution in [0.4, 0.5) is 0 Å². The molecule has 0 aromatic heterocycles. The van der Waals surface area contributed by atoms with E-state index >= 15 is 0 Å². The molecule has 0 radical (unpaired) electrons. The lowest BCUT2D eigenvalue weighted by molar-refractivity contribution is -0.118. The number of nitrogens with zero attached hydrogens (tertiary/aromatic N) is 2. The van der Waals surface area contributed by atoms with Gasteiger partial charge in [0.2, 0.25) is 5.91 Å².